The van der Waals surface area contributed by atoms with Crippen LogP contribution in [0.2, 0.25) is 0 Å². The van der Waals surface area contributed by atoms with Crippen molar-refractivity contribution < 1.29 is 20.1 Å². The lowest BCUT2D eigenvalue weighted by Gasteiger charge is -2.00. The molecule has 0 aliphatic carbocycles. The SMILES string of the molecule is CCO.O=C(O)CCCCCCCCCCCO. The number of hydrogen-bond acceptors (Lipinski definition) is 3. The van der Waals surface area contributed by atoms with E-state index in [2.05, 4.69) is 0 Å². The lowest BCUT2D eigenvalue weighted by atomic mass is 10.1. The van der Waals surface area contributed by atoms with E-state index in [4.69, 9.17) is 15.3 Å². The summed E-state index contributed by atoms with van der Waals surface area (Å²) >= 11 is 0. The Hall–Kier alpha value is -0.610. The maximum absolute atomic E-state index is 10.2. The molecule has 0 aromatic rings. The number of carboxylic acid groups (broad SMARTS) is 1. The van der Waals surface area contributed by atoms with E-state index in [9.17, 15) is 4.79 Å². The molecule has 0 aromatic heterocycles. The minimum atomic E-state index is -0.681. The molecule has 0 saturated heterocycles. The second kappa shape index (κ2) is 18.7. The summed E-state index contributed by atoms with van der Waals surface area (Å²) in [4.78, 5) is 10.2. The van der Waals surface area contributed by atoms with Gasteiger partial charge in [0.1, 0.15) is 0 Å². The number of aliphatic hydroxyl groups is 2. The highest BCUT2D eigenvalue weighted by Gasteiger charge is 1.96. The normalized spacial score (nSPS) is 9.72. The van der Waals surface area contributed by atoms with Crippen molar-refractivity contribution in [2.45, 2.75) is 71.1 Å². The third-order valence-corrected chi connectivity index (χ3v) is 2.55. The fourth-order valence-electron chi connectivity index (χ4n) is 1.63. The molecule has 3 N–H and O–H groups in total. The number of aliphatic hydroxyl groups excluding tert-OH is 2. The summed E-state index contributed by atoms with van der Waals surface area (Å²) in [6.45, 7) is 2.25. The average molecular weight is 262 g/mol. The molecule has 110 valence electrons. The second-order valence-corrected chi connectivity index (χ2v) is 4.37. The van der Waals surface area contributed by atoms with Crippen molar-refractivity contribution in [2.24, 2.45) is 0 Å². The largest absolute Gasteiger partial charge is 0.481 e. The molecule has 0 aliphatic heterocycles. The Kier molecular flexibility index (Phi) is 20.5. The molecule has 4 nitrogen and oxygen atoms in total. The van der Waals surface area contributed by atoms with Gasteiger partial charge in [0.25, 0.3) is 0 Å². The predicted octanol–water partition coefficient (Wildman–Crippen LogP) is 2.96. The van der Waals surface area contributed by atoms with Gasteiger partial charge in [-0.05, 0) is 19.8 Å². The first-order chi connectivity index (χ1) is 8.68. The molecule has 0 aliphatic rings. The van der Waals surface area contributed by atoms with Crippen LogP contribution in [0.3, 0.4) is 0 Å². The molecule has 0 saturated carbocycles. The van der Waals surface area contributed by atoms with Crippen molar-refractivity contribution >= 4 is 5.97 Å². The number of hydrogen-bond donors (Lipinski definition) is 3. The third kappa shape index (κ3) is 24.6. The fourth-order valence-corrected chi connectivity index (χ4v) is 1.63. The molecule has 0 fully saturated rings. The zero-order valence-corrected chi connectivity index (χ0v) is 11.7. The molecular formula is C14H30O4. The van der Waals surface area contributed by atoms with Gasteiger partial charge >= 0.3 is 5.97 Å². The van der Waals surface area contributed by atoms with E-state index < -0.39 is 5.97 Å². The van der Waals surface area contributed by atoms with E-state index >= 15 is 0 Å². The highest BCUT2D eigenvalue weighted by Crippen LogP contribution is 2.10. The highest BCUT2D eigenvalue weighted by atomic mass is 16.4. The van der Waals surface area contributed by atoms with E-state index in [-0.39, 0.29) is 6.61 Å². The summed E-state index contributed by atoms with van der Waals surface area (Å²) in [7, 11) is 0. The van der Waals surface area contributed by atoms with Gasteiger partial charge < -0.3 is 15.3 Å². The Labute approximate surface area is 111 Å². The van der Waals surface area contributed by atoms with Gasteiger partial charge in [0.05, 0.1) is 0 Å². The number of carboxylic acids is 1. The van der Waals surface area contributed by atoms with Crippen molar-refractivity contribution in [1.82, 2.24) is 0 Å². The first-order valence-electron chi connectivity index (χ1n) is 7.12. The van der Waals surface area contributed by atoms with Gasteiger partial charge in [0.2, 0.25) is 0 Å². The van der Waals surface area contributed by atoms with E-state index in [0.717, 1.165) is 32.1 Å². The van der Waals surface area contributed by atoms with Crippen molar-refractivity contribution in [3.63, 3.8) is 0 Å². The predicted molar refractivity (Wildman–Crippen MR) is 73.7 cm³/mol. The van der Waals surface area contributed by atoms with Gasteiger partial charge in [-0.2, -0.15) is 0 Å². The first-order valence-corrected chi connectivity index (χ1v) is 7.12. The van der Waals surface area contributed by atoms with Gasteiger partial charge in [0.15, 0.2) is 0 Å². The van der Waals surface area contributed by atoms with Crippen LogP contribution in [0.5, 0.6) is 0 Å². The van der Waals surface area contributed by atoms with Crippen LogP contribution in [-0.4, -0.2) is 34.5 Å². The van der Waals surface area contributed by atoms with E-state index in [1.165, 1.54) is 25.7 Å². The number of aliphatic carboxylic acids is 1. The molecule has 18 heavy (non-hydrogen) atoms. The standard InChI is InChI=1S/C12H24O3.C2H6O/c13-11-9-7-5-3-1-2-4-6-8-10-12(14)15;1-2-3/h13H,1-11H2,(H,14,15);3H,2H2,1H3. The lowest BCUT2D eigenvalue weighted by Crippen LogP contribution is -1.93. The van der Waals surface area contributed by atoms with Gasteiger partial charge in [-0.15, -0.1) is 0 Å². The maximum Gasteiger partial charge on any atom is 0.303 e. The molecule has 0 atom stereocenters. The Morgan fingerprint density at radius 1 is 0.778 bits per heavy atom. The van der Waals surface area contributed by atoms with Crippen molar-refractivity contribution in [3.05, 3.63) is 0 Å². The van der Waals surface area contributed by atoms with Crippen LogP contribution >= 0.6 is 0 Å². The smallest absolute Gasteiger partial charge is 0.303 e. The Bertz CT molecular complexity index is 160. The molecule has 0 radical (unpaired) electrons. The molecule has 0 bridgehead atoms. The van der Waals surface area contributed by atoms with Gasteiger partial charge in [-0.1, -0.05) is 44.9 Å². The molecule has 0 heterocycles. The van der Waals surface area contributed by atoms with Crippen LogP contribution in [0, 0.1) is 0 Å². The first kappa shape index (κ1) is 19.7. The maximum atomic E-state index is 10.2. The highest BCUT2D eigenvalue weighted by molar-refractivity contribution is 5.66. The Morgan fingerprint density at radius 3 is 1.44 bits per heavy atom. The Morgan fingerprint density at radius 2 is 1.11 bits per heavy atom. The van der Waals surface area contributed by atoms with Crippen molar-refractivity contribution in [3.8, 4) is 0 Å². The fraction of sp³-hybridized carbons (Fsp3) is 0.929. The summed E-state index contributed by atoms with van der Waals surface area (Å²) in [5.41, 5.74) is 0. The average Bonchev–Trinajstić information content (AvgIpc) is 2.32. The summed E-state index contributed by atoms with van der Waals surface area (Å²) in [6, 6.07) is 0. The van der Waals surface area contributed by atoms with E-state index in [0.29, 0.717) is 13.0 Å². The van der Waals surface area contributed by atoms with Crippen molar-refractivity contribution in [2.75, 3.05) is 13.2 Å². The molecule has 0 spiro atoms. The van der Waals surface area contributed by atoms with E-state index in [1.54, 1.807) is 6.92 Å². The quantitative estimate of drug-likeness (QED) is 0.500. The van der Waals surface area contributed by atoms with Crippen LogP contribution in [0.1, 0.15) is 71.1 Å². The molecule has 4 heteroatoms. The zero-order chi connectivity index (χ0) is 14.1. The van der Waals surface area contributed by atoms with Crippen LogP contribution in [0.25, 0.3) is 0 Å². The van der Waals surface area contributed by atoms with Crippen LogP contribution in [0.4, 0.5) is 0 Å². The monoisotopic (exact) mass is 262 g/mol. The van der Waals surface area contributed by atoms with Crippen LogP contribution in [0.15, 0.2) is 0 Å². The minimum Gasteiger partial charge on any atom is -0.481 e. The molecule has 0 unspecified atom stereocenters. The lowest BCUT2D eigenvalue weighted by molar-refractivity contribution is -0.137. The molecule has 0 amide bonds. The van der Waals surface area contributed by atoms with E-state index in [1.807, 2.05) is 0 Å². The summed E-state index contributed by atoms with van der Waals surface area (Å²) in [5.74, 6) is -0.681. The molecular weight excluding hydrogens is 232 g/mol. The van der Waals surface area contributed by atoms with Gasteiger partial charge in [-0.25, -0.2) is 0 Å². The topological polar surface area (TPSA) is 77.8 Å². The number of unbranched alkanes of at least 4 members (excludes halogenated alkanes) is 8. The summed E-state index contributed by atoms with van der Waals surface area (Å²) in [5, 5.41) is 24.5. The number of rotatable bonds is 11. The Balaban J connectivity index is 0. The van der Waals surface area contributed by atoms with Gasteiger partial charge in [0, 0.05) is 19.6 Å². The van der Waals surface area contributed by atoms with Gasteiger partial charge in [-0.3, -0.25) is 4.79 Å². The molecule has 0 rings (SSSR count). The van der Waals surface area contributed by atoms with Crippen molar-refractivity contribution in [1.29, 1.82) is 0 Å². The second-order valence-electron chi connectivity index (χ2n) is 4.37. The van der Waals surface area contributed by atoms with Crippen LogP contribution < -0.4 is 0 Å². The van der Waals surface area contributed by atoms with Crippen LogP contribution in [-0.2, 0) is 4.79 Å². The minimum absolute atomic E-state index is 0.250. The summed E-state index contributed by atoms with van der Waals surface area (Å²) in [6.07, 6.45) is 10.3. The zero-order valence-electron chi connectivity index (χ0n) is 11.7. The molecule has 0 aromatic carbocycles. The summed E-state index contributed by atoms with van der Waals surface area (Å²) < 4.78 is 0. The number of carbonyl (C=O) groups is 1. The third-order valence-electron chi connectivity index (χ3n) is 2.55.